The fourth-order valence-electron chi connectivity index (χ4n) is 1.64. The monoisotopic (exact) mass is 189 g/mol. The molecule has 1 rings (SSSR count). The minimum atomic E-state index is -0.191. The number of aliphatic hydroxyl groups is 1. The molecule has 0 aromatic heterocycles. The first-order chi connectivity index (χ1) is 5.49. The number of rotatable bonds is 2. The Hall–Kier alpha value is 0.270. The first-order valence-electron chi connectivity index (χ1n) is 4.54. The Morgan fingerprint density at radius 2 is 2.25 bits per heavy atom. The molecular formula is C9H19NOS. The zero-order valence-corrected chi connectivity index (χ0v) is 9.02. The van der Waals surface area contributed by atoms with E-state index in [0.717, 1.165) is 19.6 Å². The molecule has 1 heterocycles. The molecule has 1 unspecified atom stereocenters. The molecule has 0 aliphatic carbocycles. The van der Waals surface area contributed by atoms with Crippen molar-refractivity contribution < 1.29 is 5.11 Å². The summed E-state index contributed by atoms with van der Waals surface area (Å²) in [5.74, 6) is 1.19. The Bertz CT molecular complexity index is 147. The third-order valence-electron chi connectivity index (χ3n) is 2.03. The highest BCUT2D eigenvalue weighted by Crippen LogP contribution is 2.29. The van der Waals surface area contributed by atoms with Gasteiger partial charge in [-0.15, -0.1) is 0 Å². The van der Waals surface area contributed by atoms with Crippen LogP contribution in [0.25, 0.3) is 0 Å². The van der Waals surface area contributed by atoms with Crippen LogP contribution >= 0.6 is 11.8 Å². The smallest absolute Gasteiger partial charge is 0.0639 e. The topological polar surface area (TPSA) is 23.5 Å². The first-order valence-corrected chi connectivity index (χ1v) is 5.52. The van der Waals surface area contributed by atoms with Gasteiger partial charge in [-0.3, -0.25) is 4.90 Å². The van der Waals surface area contributed by atoms with E-state index >= 15 is 0 Å². The lowest BCUT2D eigenvalue weighted by atomic mass is 10.2. The van der Waals surface area contributed by atoms with Crippen molar-refractivity contribution in [1.29, 1.82) is 0 Å². The van der Waals surface area contributed by atoms with Crippen LogP contribution in [0.1, 0.15) is 20.8 Å². The highest BCUT2D eigenvalue weighted by atomic mass is 32.2. The summed E-state index contributed by atoms with van der Waals surface area (Å²) in [7, 11) is 0. The van der Waals surface area contributed by atoms with E-state index in [0.29, 0.717) is 4.75 Å². The van der Waals surface area contributed by atoms with Gasteiger partial charge in [0.15, 0.2) is 0 Å². The zero-order chi connectivity index (χ0) is 9.19. The van der Waals surface area contributed by atoms with Crippen LogP contribution in [0.3, 0.4) is 0 Å². The Balaban J connectivity index is 2.36. The van der Waals surface area contributed by atoms with Gasteiger partial charge in [-0.1, -0.05) is 0 Å². The molecule has 0 radical (unpaired) electrons. The van der Waals surface area contributed by atoms with Crippen LogP contribution in [0, 0.1) is 0 Å². The van der Waals surface area contributed by atoms with Crippen LogP contribution in [0.5, 0.6) is 0 Å². The molecule has 1 atom stereocenters. The van der Waals surface area contributed by atoms with Gasteiger partial charge < -0.3 is 5.11 Å². The quantitative estimate of drug-likeness (QED) is 0.706. The van der Waals surface area contributed by atoms with E-state index in [2.05, 4.69) is 18.7 Å². The third kappa shape index (κ3) is 3.33. The average Bonchev–Trinajstić information content (AvgIpc) is 1.82. The van der Waals surface area contributed by atoms with Gasteiger partial charge in [0, 0.05) is 30.1 Å². The second-order valence-corrected chi connectivity index (χ2v) is 5.99. The van der Waals surface area contributed by atoms with Gasteiger partial charge in [0.1, 0.15) is 0 Å². The van der Waals surface area contributed by atoms with Crippen LogP contribution < -0.4 is 0 Å². The number of nitrogens with zero attached hydrogens (tertiary/aromatic N) is 1. The molecule has 0 aromatic rings. The Kier molecular flexibility index (Phi) is 3.44. The molecular weight excluding hydrogens is 170 g/mol. The molecule has 1 aliphatic rings. The third-order valence-corrected chi connectivity index (χ3v) is 3.32. The molecule has 1 aliphatic heterocycles. The SMILES string of the molecule is CC(O)CN1CCSC(C)(C)C1. The van der Waals surface area contributed by atoms with Crippen LogP contribution in [-0.2, 0) is 0 Å². The summed E-state index contributed by atoms with van der Waals surface area (Å²) in [5, 5.41) is 9.23. The number of aliphatic hydroxyl groups excluding tert-OH is 1. The summed E-state index contributed by atoms with van der Waals surface area (Å²) < 4.78 is 0.368. The van der Waals surface area contributed by atoms with Gasteiger partial charge in [-0.2, -0.15) is 11.8 Å². The van der Waals surface area contributed by atoms with E-state index in [1.165, 1.54) is 5.75 Å². The van der Waals surface area contributed by atoms with Crippen molar-refractivity contribution >= 4 is 11.8 Å². The maximum absolute atomic E-state index is 9.23. The maximum Gasteiger partial charge on any atom is 0.0639 e. The van der Waals surface area contributed by atoms with Gasteiger partial charge in [-0.05, 0) is 20.8 Å². The molecule has 1 fully saturated rings. The minimum absolute atomic E-state index is 0.191. The molecule has 0 saturated carbocycles. The Labute approximate surface area is 79.3 Å². The van der Waals surface area contributed by atoms with E-state index in [1.54, 1.807) is 0 Å². The van der Waals surface area contributed by atoms with Crippen molar-refractivity contribution in [1.82, 2.24) is 4.90 Å². The maximum atomic E-state index is 9.23. The van der Waals surface area contributed by atoms with Crippen LogP contribution in [0.4, 0.5) is 0 Å². The van der Waals surface area contributed by atoms with Gasteiger partial charge in [0.05, 0.1) is 6.10 Å². The van der Waals surface area contributed by atoms with E-state index in [4.69, 9.17) is 0 Å². The molecule has 2 nitrogen and oxygen atoms in total. The number of hydrogen-bond acceptors (Lipinski definition) is 3. The molecule has 3 heteroatoms. The van der Waals surface area contributed by atoms with E-state index in [9.17, 15) is 5.11 Å². The van der Waals surface area contributed by atoms with Crippen LogP contribution in [-0.4, -0.2) is 46.2 Å². The lowest BCUT2D eigenvalue weighted by Crippen LogP contribution is -2.45. The summed E-state index contributed by atoms with van der Waals surface area (Å²) in [6.45, 7) is 9.44. The van der Waals surface area contributed by atoms with Crippen molar-refractivity contribution in [2.45, 2.75) is 31.6 Å². The molecule has 1 N–H and O–H groups in total. The minimum Gasteiger partial charge on any atom is -0.392 e. The van der Waals surface area contributed by atoms with Crippen molar-refractivity contribution in [3.8, 4) is 0 Å². The molecule has 12 heavy (non-hydrogen) atoms. The zero-order valence-electron chi connectivity index (χ0n) is 8.21. The molecule has 0 aromatic carbocycles. The highest BCUT2D eigenvalue weighted by molar-refractivity contribution is 8.00. The normalized spacial score (nSPS) is 27.0. The predicted octanol–water partition coefficient (Wildman–Crippen LogP) is 1.19. The van der Waals surface area contributed by atoms with E-state index < -0.39 is 0 Å². The van der Waals surface area contributed by atoms with Crippen molar-refractivity contribution in [2.75, 3.05) is 25.4 Å². The Morgan fingerprint density at radius 3 is 2.75 bits per heavy atom. The number of hydrogen-bond donors (Lipinski definition) is 1. The van der Waals surface area contributed by atoms with Gasteiger partial charge in [0.2, 0.25) is 0 Å². The van der Waals surface area contributed by atoms with Gasteiger partial charge in [0.25, 0.3) is 0 Å². The largest absolute Gasteiger partial charge is 0.392 e. The first kappa shape index (κ1) is 10.4. The molecule has 0 bridgehead atoms. The van der Waals surface area contributed by atoms with Crippen LogP contribution in [0.2, 0.25) is 0 Å². The van der Waals surface area contributed by atoms with Crippen molar-refractivity contribution in [2.24, 2.45) is 0 Å². The highest BCUT2D eigenvalue weighted by Gasteiger charge is 2.27. The summed E-state index contributed by atoms with van der Waals surface area (Å²) in [6, 6.07) is 0. The second-order valence-electron chi connectivity index (χ2n) is 4.19. The second kappa shape index (κ2) is 3.99. The van der Waals surface area contributed by atoms with E-state index in [-0.39, 0.29) is 6.10 Å². The number of thioether (sulfide) groups is 1. The van der Waals surface area contributed by atoms with E-state index in [1.807, 2.05) is 18.7 Å². The fourth-order valence-corrected chi connectivity index (χ4v) is 2.82. The lowest BCUT2D eigenvalue weighted by Gasteiger charge is -2.37. The van der Waals surface area contributed by atoms with Crippen molar-refractivity contribution in [3.05, 3.63) is 0 Å². The fraction of sp³-hybridized carbons (Fsp3) is 1.00. The standard InChI is InChI=1S/C9H19NOS/c1-8(11)6-10-4-5-12-9(2,3)7-10/h8,11H,4-7H2,1-3H3. The molecule has 1 saturated heterocycles. The van der Waals surface area contributed by atoms with Crippen LogP contribution in [0.15, 0.2) is 0 Å². The Morgan fingerprint density at radius 1 is 1.58 bits per heavy atom. The average molecular weight is 189 g/mol. The summed E-state index contributed by atoms with van der Waals surface area (Å²) in [5.41, 5.74) is 0. The molecule has 0 spiro atoms. The van der Waals surface area contributed by atoms with Gasteiger partial charge in [-0.25, -0.2) is 0 Å². The summed E-state index contributed by atoms with van der Waals surface area (Å²) in [6.07, 6.45) is -0.191. The predicted molar refractivity (Wildman–Crippen MR) is 54.7 cm³/mol. The summed E-state index contributed by atoms with van der Waals surface area (Å²) >= 11 is 2.03. The summed E-state index contributed by atoms with van der Waals surface area (Å²) in [4.78, 5) is 2.35. The van der Waals surface area contributed by atoms with Crippen molar-refractivity contribution in [3.63, 3.8) is 0 Å². The number of β-amino-alcohol motifs (C(OH)–C–C–N with tert-alkyl or cyclic N) is 1. The lowest BCUT2D eigenvalue weighted by molar-refractivity contribution is 0.123. The van der Waals surface area contributed by atoms with Gasteiger partial charge >= 0.3 is 0 Å². The molecule has 72 valence electrons. The molecule has 0 amide bonds.